The van der Waals surface area contributed by atoms with Crippen molar-refractivity contribution in [1.29, 1.82) is 0 Å². The van der Waals surface area contributed by atoms with Gasteiger partial charge in [-0.1, -0.05) is 0 Å². The Morgan fingerprint density at radius 1 is 1.55 bits per heavy atom. The predicted octanol–water partition coefficient (Wildman–Crippen LogP) is 2.96. The number of hydrogen-bond donors (Lipinski definition) is 1. The molecule has 1 saturated heterocycles. The number of rotatable bonds is 3. The molecule has 1 N–H and O–H groups in total. The topological polar surface area (TPSA) is 54.5 Å². The molecule has 0 saturated carbocycles. The molecule has 1 fully saturated rings. The number of nitrogens with zero attached hydrogens (tertiary/aromatic N) is 2. The molecule has 1 aromatic heterocycles. The summed E-state index contributed by atoms with van der Waals surface area (Å²) in [4.78, 5) is 17.8. The molecule has 22 heavy (non-hydrogen) atoms. The Labute approximate surface area is 130 Å². The zero-order valence-corrected chi connectivity index (χ0v) is 13.4. The van der Waals surface area contributed by atoms with Crippen LogP contribution in [0.25, 0.3) is 0 Å². The average molecular weight is 309 g/mol. The highest BCUT2D eigenvalue weighted by Gasteiger charge is 2.24. The van der Waals surface area contributed by atoms with Crippen molar-refractivity contribution in [2.45, 2.75) is 39.2 Å². The van der Waals surface area contributed by atoms with Gasteiger partial charge in [0.2, 0.25) is 0 Å². The van der Waals surface area contributed by atoms with E-state index in [1.165, 1.54) is 6.07 Å². The molecular formula is C16H24FN3O2. The van der Waals surface area contributed by atoms with Crippen molar-refractivity contribution in [1.82, 2.24) is 10.3 Å². The third-order valence-corrected chi connectivity index (χ3v) is 3.49. The van der Waals surface area contributed by atoms with Crippen LogP contribution in [-0.2, 0) is 4.74 Å². The lowest BCUT2D eigenvalue weighted by molar-refractivity contribution is 0.0517. The lowest BCUT2D eigenvalue weighted by Gasteiger charge is -2.33. The molecule has 5 nitrogen and oxygen atoms in total. The lowest BCUT2D eigenvalue weighted by Crippen LogP contribution is -2.42. The molecule has 0 radical (unpaired) electrons. The van der Waals surface area contributed by atoms with Gasteiger partial charge >= 0.3 is 6.09 Å². The molecule has 0 spiro atoms. The van der Waals surface area contributed by atoms with Crippen molar-refractivity contribution >= 4 is 11.9 Å². The Bertz CT molecular complexity index is 516. The quantitative estimate of drug-likeness (QED) is 0.932. The van der Waals surface area contributed by atoms with Crippen molar-refractivity contribution in [2.75, 3.05) is 24.5 Å². The second-order valence-electron chi connectivity index (χ2n) is 6.65. The van der Waals surface area contributed by atoms with Crippen molar-refractivity contribution in [2.24, 2.45) is 5.92 Å². The number of amides is 1. The first-order valence-corrected chi connectivity index (χ1v) is 7.67. The highest BCUT2D eigenvalue weighted by Crippen LogP contribution is 2.23. The van der Waals surface area contributed by atoms with Gasteiger partial charge < -0.3 is 15.0 Å². The van der Waals surface area contributed by atoms with Crippen LogP contribution in [0.5, 0.6) is 0 Å². The summed E-state index contributed by atoms with van der Waals surface area (Å²) in [6.45, 7) is 7.50. The predicted molar refractivity (Wildman–Crippen MR) is 83.4 cm³/mol. The summed E-state index contributed by atoms with van der Waals surface area (Å²) in [5, 5.41) is 2.79. The standard InChI is InChI=1S/C16H24FN3O2/c1-16(2,3)22-15(21)19-10-12-6-5-9-20(11-12)14-13(17)7-4-8-18-14/h4,7-8,12H,5-6,9-11H2,1-3H3,(H,19,21). The number of aromatic nitrogens is 1. The minimum absolute atomic E-state index is 0.266. The molecule has 1 amide bonds. The maximum atomic E-state index is 13.8. The third kappa shape index (κ3) is 4.86. The number of piperidine rings is 1. The van der Waals surface area contributed by atoms with Gasteiger partial charge in [-0.05, 0) is 51.7 Å². The maximum Gasteiger partial charge on any atom is 0.407 e. The molecule has 1 unspecified atom stereocenters. The van der Waals surface area contributed by atoms with Crippen LogP contribution in [0, 0.1) is 11.7 Å². The van der Waals surface area contributed by atoms with E-state index in [1.54, 1.807) is 12.3 Å². The van der Waals surface area contributed by atoms with Gasteiger partial charge in [-0.2, -0.15) is 0 Å². The maximum absolute atomic E-state index is 13.8. The second-order valence-corrected chi connectivity index (χ2v) is 6.65. The zero-order valence-electron chi connectivity index (χ0n) is 13.4. The number of carbonyl (C=O) groups is 1. The van der Waals surface area contributed by atoms with E-state index in [4.69, 9.17) is 4.74 Å². The van der Waals surface area contributed by atoms with Gasteiger partial charge in [-0.25, -0.2) is 14.2 Å². The minimum atomic E-state index is -0.500. The molecule has 1 atom stereocenters. The van der Waals surface area contributed by atoms with Crippen molar-refractivity contribution in [3.8, 4) is 0 Å². The van der Waals surface area contributed by atoms with Crippen molar-refractivity contribution in [3.05, 3.63) is 24.1 Å². The Balaban J connectivity index is 1.86. The van der Waals surface area contributed by atoms with Crippen LogP contribution in [0.4, 0.5) is 15.0 Å². The molecule has 1 aliphatic heterocycles. The SMILES string of the molecule is CC(C)(C)OC(=O)NCC1CCCN(c2ncccc2F)C1. The van der Waals surface area contributed by atoms with Gasteiger partial charge in [-0.3, -0.25) is 0 Å². The van der Waals surface area contributed by atoms with Crippen molar-refractivity contribution < 1.29 is 13.9 Å². The summed E-state index contributed by atoms with van der Waals surface area (Å²) in [6.07, 6.45) is 3.15. The van der Waals surface area contributed by atoms with E-state index < -0.39 is 11.7 Å². The molecule has 2 rings (SSSR count). The van der Waals surface area contributed by atoms with Gasteiger partial charge in [0.25, 0.3) is 0 Å². The molecule has 6 heteroatoms. The van der Waals surface area contributed by atoms with E-state index in [0.717, 1.165) is 19.4 Å². The number of halogens is 1. The Kier molecular flexibility index (Phi) is 5.21. The Hall–Kier alpha value is -1.85. The molecule has 2 heterocycles. The highest BCUT2D eigenvalue weighted by atomic mass is 19.1. The number of pyridine rings is 1. The zero-order chi connectivity index (χ0) is 16.2. The van der Waals surface area contributed by atoms with E-state index in [2.05, 4.69) is 10.3 Å². The number of hydrogen-bond acceptors (Lipinski definition) is 4. The summed E-state index contributed by atoms with van der Waals surface area (Å²) in [5.74, 6) is 0.357. The van der Waals surface area contributed by atoms with Gasteiger partial charge in [0.15, 0.2) is 11.6 Å². The number of alkyl carbamates (subject to hydrolysis) is 1. The van der Waals surface area contributed by atoms with Crippen LogP contribution in [0.3, 0.4) is 0 Å². The highest BCUT2D eigenvalue weighted by molar-refractivity contribution is 5.67. The fourth-order valence-electron chi connectivity index (χ4n) is 2.58. The summed E-state index contributed by atoms with van der Waals surface area (Å²) in [6, 6.07) is 3.01. The molecule has 0 aliphatic carbocycles. The summed E-state index contributed by atoms with van der Waals surface area (Å²) in [5.41, 5.74) is -0.500. The third-order valence-electron chi connectivity index (χ3n) is 3.49. The van der Waals surface area contributed by atoms with Gasteiger partial charge in [0.05, 0.1) is 0 Å². The molecule has 122 valence electrons. The van der Waals surface area contributed by atoms with Crippen LogP contribution >= 0.6 is 0 Å². The number of nitrogens with one attached hydrogen (secondary N) is 1. The van der Waals surface area contributed by atoms with Gasteiger partial charge in [0.1, 0.15) is 5.60 Å². The lowest BCUT2D eigenvalue weighted by atomic mass is 9.98. The molecular weight excluding hydrogens is 285 g/mol. The summed E-state index contributed by atoms with van der Waals surface area (Å²) in [7, 11) is 0. The van der Waals surface area contributed by atoms with E-state index in [-0.39, 0.29) is 11.7 Å². The van der Waals surface area contributed by atoms with Crippen LogP contribution in [-0.4, -0.2) is 36.3 Å². The van der Waals surface area contributed by atoms with Crippen molar-refractivity contribution in [3.63, 3.8) is 0 Å². The van der Waals surface area contributed by atoms with E-state index in [1.807, 2.05) is 25.7 Å². The monoisotopic (exact) mass is 309 g/mol. The van der Waals surface area contributed by atoms with Crippen LogP contribution in [0.15, 0.2) is 18.3 Å². The minimum Gasteiger partial charge on any atom is -0.444 e. The van der Waals surface area contributed by atoms with Gasteiger partial charge in [-0.15, -0.1) is 0 Å². The largest absolute Gasteiger partial charge is 0.444 e. The Morgan fingerprint density at radius 3 is 3.00 bits per heavy atom. The van der Waals surface area contributed by atoms with E-state index >= 15 is 0 Å². The van der Waals surface area contributed by atoms with E-state index in [9.17, 15) is 9.18 Å². The van der Waals surface area contributed by atoms with Crippen LogP contribution < -0.4 is 10.2 Å². The van der Waals surface area contributed by atoms with E-state index in [0.29, 0.717) is 18.9 Å². The molecule has 1 aliphatic rings. The van der Waals surface area contributed by atoms with Gasteiger partial charge in [0, 0.05) is 25.8 Å². The average Bonchev–Trinajstić information content (AvgIpc) is 2.44. The van der Waals surface area contributed by atoms with Crippen LogP contribution in [0.2, 0.25) is 0 Å². The molecule has 0 bridgehead atoms. The fourth-order valence-corrected chi connectivity index (χ4v) is 2.58. The number of anilines is 1. The molecule has 0 aromatic carbocycles. The number of ether oxygens (including phenoxy) is 1. The summed E-state index contributed by atoms with van der Waals surface area (Å²) >= 11 is 0. The first kappa shape index (κ1) is 16.5. The first-order chi connectivity index (χ1) is 10.3. The normalized spacial score (nSPS) is 18.9. The Morgan fingerprint density at radius 2 is 2.32 bits per heavy atom. The molecule has 1 aromatic rings. The second kappa shape index (κ2) is 6.94. The van der Waals surface area contributed by atoms with Crippen LogP contribution in [0.1, 0.15) is 33.6 Å². The summed E-state index contributed by atoms with van der Waals surface area (Å²) < 4.78 is 19.0. The number of carbonyl (C=O) groups excluding carboxylic acids is 1. The first-order valence-electron chi connectivity index (χ1n) is 7.67. The fraction of sp³-hybridized carbons (Fsp3) is 0.625. The smallest absolute Gasteiger partial charge is 0.407 e.